The topological polar surface area (TPSA) is 128 Å². The number of unbranched alkanes of at least 4 members (excludes halogenated alkanes) is 12. The quantitative estimate of drug-likeness (QED) is 0.0805. The molecule has 0 radical (unpaired) electrons. The molecule has 0 heterocycles. The van der Waals surface area contributed by atoms with Gasteiger partial charge in [0, 0.05) is 13.2 Å². The number of aliphatic carboxylic acids is 1. The van der Waals surface area contributed by atoms with E-state index < -0.39 is 26.4 Å². The predicted molar refractivity (Wildman–Crippen MR) is 132 cm³/mol. The molecule has 0 amide bonds. The van der Waals surface area contributed by atoms with Gasteiger partial charge >= 0.3 is 13.8 Å². The number of phosphoric ester groups is 1. The van der Waals surface area contributed by atoms with E-state index in [2.05, 4.69) is 23.6 Å². The van der Waals surface area contributed by atoms with E-state index in [-0.39, 0.29) is 6.61 Å². The molecule has 0 fully saturated rings. The lowest BCUT2D eigenvalue weighted by atomic mass is 10.1. The van der Waals surface area contributed by atoms with Gasteiger partial charge < -0.3 is 20.5 Å². The number of carboxylic acids is 1. The van der Waals surface area contributed by atoms with Crippen molar-refractivity contribution in [3.05, 3.63) is 12.2 Å². The monoisotopic (exact) mass is 493 g/mol. The lowest BCUT2D eigenvalue weighted by Crippen LogP contribution is -2.34. The molecule has 1 unspecified atom stereocenters. The first-order valence-corrected chi connectivity index (χ1v) is 14.2. The summed E-state index contributed by atoms with van der Waals surface area (Å²) < 4.78 is 26.3. The highest BCUT2D eigenvalue weighted by molar-refractivity contribution is 7.47. The maximum Gasteiger partial charge on any atom is 0.472 e. The number of hydrogen-bond acceptors (Lipinski definition) is 6. The van der Waals surface area contributed by atoms with Gasteiger partial charge in [-0.25, -0.2) is 4.57 Å². The van der Waals surface area contributed by atoms with Crippen LogP contribution in [0.5, 0.6) is 0 Å². The van der Waals surface area contributed by atoms with Crippen LogP contribution in [0.25, 0.3) is 0 Å². The minimum absolute atomic E-state index is 0.0104. The first-order valence-electron chi connectivity index (χ1n) is 12.7. The van der Waals surface area contributed by atoms with Crippen molar-refractivity contribution in [2.24, 2.45) is 5.73 Å². The fourth-order valence-corrected chi connectivity index (χ4v) is 3.96. The van der Waals surface area contributed by atoms with Crippen LogP contribution < -0.4 is 5.73 Å². The Morgan fingerprint density at radius 3 is 1.91 bits per heavy atom. The predicted octanol–water partition coefficient (Wildman–Crippen LogP) is 5.98. The van der Waals surface area contributed by atoms with Gasteiger partial charge in [0.2, 0.25) is 0 Å². The first-order chi connectivity index (χ1) is 15.9. The molecule has 0 aromatic carbocycles. The number of hydrogen-bond donors (Lipinski definition) is 3. The Kier molecular flexibility index (Phi) is 22.5. The summed E-state index contributed by atoms with van der Waals surface area (Å²) in [4.78, 5) is 20.0. The average molecular weight is 494 g/mol. The van der Waals surface area contributed by atoms with Crippen LogP contribution in [0.4, 0.5) is 0 Å². The molecule has 0 aliphatic rings. The maximum absolute atomic E-state index is 11.6. The summed E-state index contributed by atoms with van der Waals surface area (Å²) in [6, 6.07) is -1.37. The number of carboxylic acid groups (broad SMARTS) is 1. The molecule has 196 valence electrons. The zero-order valence-corrected chi connectivity index (χ0v) is 21.5. The molecular weight excluding hydrogens is 445 g/mol. The summed E-state index contributed by atoms with van der Waals surface area (Å²) in [7, 11) is -4.28. The Balaban J connectivity index is 3.31. The normalized spacial score (nSPS) is 14.5. The Morgan fingerprint density at radius 2 is 1.33 bits per heavy atom. The molecule has 0 rings (SSSR count). The summed E-state index contributed by atoms with van der Waals surface area (Å²) in [5.74, 6) is -1.31. The molecule has 0 aliphatic heterocycles. The third-order valence-corrected chi connectivity index (χ3v) is 6.21. The Morgan fingerprint density at radius 1 is 0.818 bits per heavy atom. The SMILES string of the molecule is CCCCCCCC/C=C\CCCCCCCCOCCCOP(=O)(O)OC[C@H](N)C(=O)O. The van der Waals surface area contributed by atoms with E-state index in [9.17, 15) is 14.3 Å². The van der Waals surface area contributed by atoms with Crippen molar-refractivity contribution in [3.63, 3.8) is 0 Å². The van der Waals surface area contributed by atoms with Crippen LogP contribution in [-0.4, -0.2) is 48.4 Å². The number of rotatable bonds is 25. The molecule has 0 saturated heterocycles. The minimum atomic E-state index is -4.28. The van der Waals surface area contributed by atoms with Crippen LogP contribution in [0.3, 0.4) is 0 Å². The second-order valence-corrected chi connectivity index (χ2v) is 9.90. The smallest absolute Gasteiger partial charge is 0.472 e. The van der Waals surface area contributed by atoms with Crippen LogP contribution in [0, 0.1) is 0 Å². The van der Waals surface area contributed by atoms with Crippen LogP contribution >= 0.6 is 7.82 Å². The van der Waals surface area contributed by atoms with Crippen LogP contribution in [-0.2, 0) is 23.1 Å². The van der Waals surface area contributed by atoms with E-state index in [0.717, 1.165) is 12.8 Å². The van der Waals surface area contributed by atoms with Crippen molar-refractivity contribution in [1.82, 2.24) is 0 Å². The van der Waals surface area contributed by atoms with Crippen molar-refractivity contribution in [1.29, 1.82) is 0 Å². The van der Waals surface area contributed by atoms with Crippen LogP contribution in [0.2, 0.25) is 0 Å². The van der Waals surface area contributed by atoms with Crippen molar-refractivity contribution in [3.8, 4) is 0 Å². The first kappa shape index (κ1) is 32.2. The van der Waals surface area contributed by atoms with E-state index >= 15 is 0 Å². The molecule has 0 saturated carbocycles. The van der Waals surface area contributed by atoms with E-state index in [1.165, 1.54) is 77.0 Å². The van der Waals surface area contributed by atoms with Gasteiger partial charge in [0.25, 0.3) is 0 Å². The van der Waals surface area contributed by atoms with Gasteiger partial charge in [-0.05, 0) is 38.5 Å². The van der Waals surface area contributed by atoms with E-state index in [1.54, 1.807) is 0 Å². The minimum Gasteiger partial charge on any atom is -0.480 e. The molecule has 33 heavy (non-hydrogen) atoms. The standard InChI is InChI=1S/C24H48NO7P/c1-2-3-4-5-6-7-8-9-10-11-12-13-14-15-16-17-19-30-20-18-21-31-33(28,29)32-22-23(25)24(26)27/h9-10,23H,2-8,11-22,25H2,1H3,(H,26,27)(H,28,29)/b10-9-/t23-/m0/s1. The van der Waals surface area contributed by atoms with Gasteiger partial charge in [0.05, 0.1) is 13.2 Å². The zero-order valence-electron chi connectivity index (χ0n) is 20.6. The molecule has 0 aromatic rings. The van der Waals surface area contributed by atoms with Crippen molar-refractivity contribution < 1.29 is 33.1 Å². The Hall–Kier alpha value is -0.760. The van der Waals surface area contributed by atoms with Crippen molar-refractivity contribution >= 4 is 13.8 Å². The van der Waals surface area contributed by atoms with Gasteiger partial charge in [-0.1, -0.05) is 76.9 Å². The molecule has 9 heteroatoms. The van der Waals surface area contributed by atoms with Crippen LogP contribution in [0.15, 0.2) is 12.2 Å². The van der Waals surface area contributed by atoms with Crippen molar-refractivity contribution in [2.75, 3.05) is 26.4 Å². The van der Waals surface area contributed by atoms with E-state index in [0.29, 0.717) is 19.6 Å². The summed E-state index contributed by atoms with van der Waals surface area (Å²) in [6.45, 7) is 2.76. The molecule has 4 N–H and O–H groups in total. The van der Waals surface area contributed by atoms with E-state index in [1.807, 2.05) is 0 Å². The summed E-state index contributed by atoms with van der Waals surface area (Å²) >= 11 is 0. The third-order valence-electron chi connectivity index (χ3n) is 5.22. The summed E-state index contributed by atoms with van der Waals surface area (Å²) in [6.07, 6.45) is 22.9. The fourth-order valence-electron chi connectivity index (χ4n) is 3.18. The highest BCUT2D eigenvalue weighted by Gasteiger charge is 2.24. The average Bonchev–Trinajstić information content (AvgIpc) is 2.78. The maximum atomic E-state index is 11.6. The molecule has 8 nitrogen and oxygen atoms in total. The number of allylic oxidation sites excluding steroid dienone is 2. The Labute approximate surface area is 200 Å². The lowest BCUT2D eigenvalue weighted by molar-refractivity contribution is -0.139. The van der Waals surface area contributed by atoms with Gasteiger partial charge in [-0.15, -0.1) is 0 Å². The van der Waals surface area contributed by atoms with Gasteiger partial charge in [0.15, 0.2) is 0 Å². The lowest BCUT2D eigenvalue weighted by Gasteiger charge is -2.13. The van der Waals surface area contributed by atoms with Gasteiger partial charge in [-0.3, -0.25) is 13.8 Å². The highest BCUT2D eigenvalue weighted by atomic mass is 31.2. The third kappa shape index (κ3) is 24.2. The van der Waals surface area contributed by atoms with Gasteiger partial charge in [-0.2, -0.15) is 0 Å². The van der Waals surface area contributed by atoms with Crippen molar-refractivity contribution in [2.45, 2.75) is 109 Å². The van der Waals surface area contributed by atoms with Crippen LogP contribution in [0.1, 0.15) is 103 Å². The number of nitrogens with two attached hydrogens (primary N) is 1. The number of ether oxygens (including phenoxy) is 1. The molecule has 2 atom stereocenters. The summed E-state index contributed by atoms with van der Waals surface area (Å²) in [5, 5.41) is 8.60. The molecular formula is C24H48NO7P. The largest absolute Gasteiger partial charge is 0.480 e. The Bertz CT molecular complexity index is 531. The second-order valence-electron chi connectivity index (χ2n) is 8.45. The molecule has 0 bridgehead atoms. The molecule has 0 aliphatic carbocycles. The highest BCUT2D eigenvalue weighted by Crippen LogP contribution is 2.43. The summed E-state index contributed by atoms with van der Waals surface area (Å²) in [5.41, 5.74) is 5.20. The zero-order chi connectivity index (χ0) is 24.6. The van der Waals surface area contributed by atoms with E-state index in [4.69, 9.17) is 20.1 Å². The number of carbonyl (C=O) groups is 1. The second kappa shape index (κ2) is 23.0. The van der Waals surface area contributed by atoms with Gasteiger partial charge in [0.1, 0.15) is 6.04 Å². The number of phosphoric acid groups is 1. The molecule has 0 spiro atoms. The fraction of sp³-hybridized carbons (Fsp3) is 0.875. The molecule has 0 aromatic heterocycles.